The summed E-state index contributed by atoms with van der Waals surface area (Å²) >= 11 is 5.92. The lowest BCUT2D eigenvalue weighted by molar-refractivity contribution is 0.376. The monoisotopic (exact) mass is 265 g/mol. The summed E-state index contributed by atoms with van der Waals surface area (Å²) in [6.07, 6.45) is 0.606. The predicted octanol–water partition coefficient (Wildman–Crippen LogP) is 2.81. The molecule has 1 aromatic carbocycles. The molecule has 1 heterocycles. The number of nitrogens with one attached hydrogen (secondary N) is 1. The zero-order valence-corrected chi connectivity index (χ0v) is 11.2. The minimum atomic E-state index is 0.403. The van der Waals surface area contributed by atoms with Gasteiger partial charge in [-0.1, -0.05) is 42.7 Å². The molecule has 0 amide bonds. The van der Waals surface area contributed by atoms with E-state index in [-0.39, 0.29) is 0 Å². The Morgan fingerprint density at radius 1 is 1.39 bits per heavy atom. The van der Waals surface area contributed by atoms with E-state index >= 15 is 0 Å². The van der Waals surface area contributed by atoms with Crippen molar-refractivity contribution >= 4 is 11.6 Å². The van der Waals surface area contributed by atoms with E-state index < -0.39 is 0 Å². The highest BCUT2D eigenvalue weighted by Gasteiger charge is 2.07. The summed E-state index contributed by atoms with van der Waals surface area (Å²) in [5.41, 5.74) is 1.06. The number of nitrogens with zero attached hydrogens (tertiary/aromatic N) is 2. The first kappa shape index (κ1) is 13.1. The van der Waals surface area contributed by atoms with Crippen LogP contribution in [-0.4, -0.2) is 16.2 Å². The fourth-order valence-corrected chi connectivity index (χ4v) is 1.76. The molecule has 0 aliphatic heterocycles. The molecular formula is C13H16ClN3O. The topological polar surface area (TPSA) is 51.0 Å². The lowest BCUT2D eigenvalue weighted by Gasteiger charge is -2.03. The molecule has 1 N–H and O–H groups in total. The van der Waals surface area contributed by atoms with Crippen LogP contribution in [0.25, 0.3) is 0 Å². The van der Waals surface area contributed by atoms with Crippen molar-refractivity contribution in [1.82, 2.24) is 15.5 Å². The van der Waals surface area contributed by atoms with E-state index in [1.54, 1.807) is 0 Å². The molecule has 0 bridgehead atoms. The van der Waals surface area contributed by atoms with Gasteiger partial charge in [0.1, 0.15) is 0 Å². The maximum atomic E-state index is 5.92. The molecule has 0 aliphatic rings. The van der Waals surface area contributed by atoms with Crippen LogP contribution in [0.3, 0.4) is 0 Å². The third-order valence-corrected chi connectivity index (χ3v) is 2.66. The Balaban J connectivity index is 1.98. The van der Waals surface area contributed by atoms with Crippen LogP contribution in [0.15, 0.2) is 28.8 Å². The van der Waals surface area contributed by atoms with Gasteiger partial charge in [-0.2, -0.15) is 4.98 Å². The Morgan fingerprint density at radius 3 is 2.94 bits per heavy atom. The standard InChI is InChI=1S/C13H16ClN3O/c1-9(2)15-8-12-16-13(18-17-12)7-10-4-3-5-11(14)6-10/h3-6,9,15H,7-8H2,1-2H3. The van der Waals surface area contributed by atoms with Gasteiger partial charge in [0, 0.05) is 11.1 Å². The molecule has 18 heavy (non-hydrogen) atoms. The second-order valence-corrected chi connectivity index (χ2v) is 4.88. The van der Waals surface area contributed by atoms with E-state index in [2.05, 4.69) is 29.3 Å². The van der Waals surface area contributed by atoms with Crippen molar-refractivity contribution in [2.75, 3.05) is 0 Å². The van der Waals surface area contributed by atoms with Crippen LogP contribution in [0, 0.1) is 0 Å². The van der Waals surface area contributed by atoms with Gasteiger partial charge in [-0.3, -0.25) is 0 Å². The van der Waals surface area contributed by atoms with E-state index in [1.165, 1.54) is 0 Å². The van der Waals surface area contributed by atoms with Crippen LogP contribution in [0.1, 0.15) is 31.1 Å². The number of aromatic nitrogens is 2. The van der Waals surface area contributed by atoms with Gasteiger partial charge >= 0.3 is 0 Å². The van der Waals surface area contributed by atoms with Gasteiger partial charge in [0.2, 0.25) is 5.89 Å². The van der Waals surface area contributed by atoms with Gasteiger partial charge in [0.15, 0.2) is 5.82 Å². The Labute approximate surface area is 111 Å². The Bertz CT molecular complexity index is 510. The Morgan fingerprint density at radius 2 is 2.22 bits per heavy atom. The number of hydrogen-bond donors (Lipinski definition) is 1. The first-order chi connectivity index (χ1) is 8.63. The zero-order chi connectivity index (χ0) is 13.0. The zero-order valence-electron chi connectivity index (χ0n) is 10.5. The third-order valence-electron chi connectivity index (χ3n) is 2.42. The second-order valence-electron chi connectivity index (χ2n) is 4.45. The highest BCUT2D eigenvalue weighted by molar-refractivity contribution is 6.30. The molecular weight excluding hydrogens is 250 g/mol. The SMILES string of the molecule is CC(C)NCc1noc(Cc2cccc(Cl)c2)n1. The van der Waals surface area contributed by atoms with Gasteiger partial charge in [-0.15, -0.1) is 0 Å². The molecule has 0 radical (unpaired) electrons. The van der Waals surface area contributed by atoms with E-state index in [4.69, 9.17) is 16.1 Å². The molecule has 0 saturated carbocycles. The van der Waals surface area contributed by atoms with Crippen molar-refractivity contribution in [2.24, 2.45) is 0 Å². The number of hydrogen-bond acceptors (Lipinski definition) is 4. The normalized spacial score (nSPS) is 11.1. The summed E-state index contributed by atoms with van der Waals surface area (Å²) in [4.78, 5) is 4.32. The van der Waals surface area contributed by atoms with Crippen molar-refractivity contribution in [2.45, 2.75) is 32.9 Å². The summed E-state index contributed by atoms with van der Waals surface area (Å²) < 4.78 is 5.20. The third kappa shape index (κ3) is 3.82. The maximum absolute atomic E-state index is 5.92. The van der Waals surface area contributed by atoms with Crippen LogP contribution < -0.4 is 5.32 Å². The smallest absolute Gasteiger partial charge is 0.231 e. The summed E-state index contributed by atoms with van der Waals surface area (Å²) in [7, 11) is 0. The summed E-state index contributed by atoms with van der Waals surface area (Å²) in [5, 5.41) is 7.88. The van der Waals surface area contributed by atoms with Crippen molar-refractivity contribution in [3.05, 3.63) is 46.6 Å². The van der Waals surface area contributed by atoms with Gasteiger partial charge in [-0.05, 0) is 17.7 Å². The molecule has 2 rings (SSSR count). The van der Waals surface area contributed by atoms with Crippen LogP contribution >= 0.6 is 11.6 Å². The first-order valence-corrected chi connectivity index (χ1v) is 6.30. The van der Waals surface area contributed by atoms with Gasteiger partial charge in [-0.25, -0.2) is 0 Å². The lowest BCUT2D eigenvalue weighted by atomic mass is 10.1. The minimum Gasteiger partial charge on any atom is -0.339 e. The highest BCUT2D eigenvalue weighted by atomic mass is 35.5. The van der Waals surface area contributed by atoms with E-state index in [9.17, 15) is 0 Å². The number of benzene rings is 1. The van der Waals surface area contributed by atoms with Crippen molar-refractivity contribution in [1.29, 1.82) is 0 Å². The molecule has 96 valence electrons. The molecule has 0 aliphatic carbocycles. The molecule has 2 aromatic rings. The molecule has 0 spiro atoms. The summed E-state index contributed by atoms with van der Waals surface area (Å²) in [6, 6.07) is 8.05. The second kappa shape index (κ2) is 5.98. The average molecular weight is 266 g/mol. The number of rotatable bonds is 5. The molecule has 0 atom stereocenters. The fraction of sp³-hybridized carbons (Fsp3) is 0.385. The molecule has 0 fully saturated rings. The van der Waals surface area contributed by atoms with Crippen molar-refractivity contribution < 1.29 is 4.52 Å². The quantitative estimate of drug-likeness (QED) is 0.903. The fourth-order valence-electron chi connectivity index (χ4n) is 1.55. The summed E-state index contributed by atoms with van der Waals surface area (Å²) in [5.74, 6) is 1.29. The minimum absolute atomic E-state index is 0.403. The van der Waals surface area contributed by atoms with Gasteiger partial charge in [0.05, 0.1) is 13.0 Å². The van der Waals surface area contributed by atoms with E-state index in [0.717, 1.165) is 5.56 Å². The Kier molecular flexibility index (Phi) is 4.33. The van der Waals surface area contributed by atoms with Crippen molar-refractivity contribution in [3.63, 3.8) is 0 Å². The van der Waals surface area contributed by atoms with Crippen LogP contribution in [0.2, 0.25) is 5.02 Å². The van der Waals surface area contributed by atoms with Crippen LogP contribution in [0.4, 0.5) is 0 Å². The van der Waals surface area contributed by atoms with E-state index in [1.807, 2.05) is 24.3 Å². The predicted molar refractivity (Wildman–Crippen MR) is 70.5 cm³/mol. The first-order valence-electron chi connectivity index (χ1n) is 5.93. The molecule has 5 heteroatoms. The molecule has 1 aromatic heterocycles. The van der Waals surface area contributed by atoms with Crippen LogP contribution in [0.5, 0.6) is 0 Å². The van der Waals surface area contributed by atoms with Crippen molar-refractivity contribution in [3.8, 4) is 0 Å². The average Bonchev–Trinajstić information content (AvgIpc) is 2.74. The highest BCUT2D eigenvalue weighted by Crippen LogP contribution is 2.13. The van der Waals surface area contributed by atoms with Crippen LogP contribution in [-0.2, 0) is 13.0 Å². The lowest BCUT2D eigenvalue weighted by Crippen LogP contribution is -2.22. The van der Waals surface area contributed by atoms with Gasteiger partial charge in [0.25, 0.3) is 0 Å². The molecule has 4 nitrogen and oxygen atoms in total. The van der Waals surface area contributed by atoms with Gasteiger partial charge < -0.3 is 9.84 Å². The molecule has 0 saturated heterocycles. The largest absolute Gasteiger partial charge is 0.339 e. The Hall–Kier alpha value is -1.39. The molecule has 0 unspecified atom stereocenters. The number of halogens is 1. The maximum Gasteiger partial charge on any atom is 0.231 e. The summed E-state index contributed by atoms with van der Waals surface area (Å²) in [6.45, 7) is 4.77. The van der Waals surface area contributed by atoms with E-state index in [0.29, 0.717) is 35.7 Å².